The van der Waals surface area contributed by atoms with Gasteiger partial charge in [0.05, 0.1) is 24.6 Å². The fourth-order valence-electron chi connectivity index (χ4n) is 2.87. The topological polar surface area (TPSA) is 41.6 Å². The van der Waals surface area contributed by atoms with Crippen molar-refractivity contribution in [2.24, 2.45) is 0 Å². The van der Waals surface area contributed by atoms with Gasteiger partial charge in [0, 0.05) is 18.7 Å². The van der Waals surface area contributed by atoms with Crippen LogP contribution in [-0.4, -0.2) is 32.2 Å². The van der Waals surface area contributed by atoms with Gasteiger partial charge in [0.2, 0.25) is 0 Å². The Morgan fingerprint density at radius 3 is 2.38 bits per heavy atom. The van der Waals surface area contributed by atoms with E-state index in [9.17, 15) is 4.79 Å². The van der Waals surface area contributed by atoms with Gasteiger partial charge in [0.15, 0.2) is 0 Å². The zero-order valence-corrected chi connectivity index (χ0v) is 14.3. The van der Waals surface area contributed by atoms with Crippen LogP contribution in [0.3, 0.4) is 0 Å². The molecule has 0 unspecified atom stereocenters. The first kappa shape index (κ1) is 16.5. The average molecular weight is 324 g/mol. The summed E-state index contributed by atoms with van der Waals surface area (Å²) in [7, 11) is 0. The Morgan fingerprint density at radius 1 is 1.04 bits per heavy atom. The van der Waals surface area contributed by atoms with Gasteiger partial charge in [-0.1, -0.05) is 38.1 Å². The molecule has 0 atom stereocenters. The first-order chi connectivity index (χ1) is 11.6. The maximum absolute atomic E-state index is 12.6. The Kier molecular flexibility index (Phi) is 5.16. The van der Waals surface area contributed by atoms with Crippen molar-refractivity contribution < 1.29 is 9.53 Å². The number of anilines is 2. The summed E-state index contributed by atoms with van der Waals surface area (Å²) < 4.78 is 5.41. The highest BCUT2D eigenvalue weighted by Gasteiger charge is 2.16. The molecule has 2 aromatic carbocycles. The maximum atomic E-state index is 12.6. The van der Waals surface area contributed by atoms with Gasteiger partial charge in [-0.15, -0.1) is 0 Å². The van der Waals surface area contributed by atoms with Crippen molar-refractivity contribution >= 4 is 17.3 Å². The first-order valence-electron chi connectivity index (χ1n) is 8.48. The number of carbonyl (C=O) groups is 1. The minimum Gasteiger partial charge on any atom is -0.378 e. The summed E-state index contributed by atoms with van der Waals surface area (Å²) >= 11 is 0. The minimum atomic E-state index is -0.0778. The number of rotatable bonds is 4. The number of morpholine rings is 1. The molecule has 0 spiro atoms. The van der Waals surface area contributed by atoms with Crippen molar-refractivity contribution in [2.45, 2.75) is 19.8 Å². The molecule has 0 aliphatic carbocycles. The molecule has 1 fully saturated rings. The number of benzene rings is 2. The largest absolute Gasteiger partial charge is 0.378 e. The third kappa shape index (κ3) is 3.77. The predicted octanol–water partition coefficient (Wildman–Crippen LogP) is 3.90. The molecule has 4 nitrogen and oxygen atoms in total. The molecular formula is C20H24N2O2. The van der Waals surface area contributed by atoms with E-state index in [1.807, 2.05) is 48.5 Å². The Morgan fingerprint density at radius 2 is 1.71 bits per heavy atom. The van der Waals surface area contributed by atoms with E-state index in [-0.39, 0.29) is 5.91 Å². The lowest BCUT2D eigenvalue weighted by Gasteiger charge is -2.30. The fraction of sp³-hybridized carbons (Fsp3) is 0.350. The Hall–Kier alpha value is -2.33. The van der Waals surface area contributed by atoms with E-state index < -0.39 is 0 Å². The summed E-state index contributed by atoms with van der Waals surface area (Å²) in [6.45, 7) is 7.42. The van der Waals surface area contributed by atoms with Crippen molar-refractivity contribution in [3.63, 3.8) is 0 Å². The normalized spacial score (nSPS) is 14.7. The fourth-order valence-corrected chi connectivity index (χ4v) is 2.87. The third-order valence-electron chi connectivity index (χ3n) is 4.34. The maximum Gasteiger partial charge on any atom is 0.255 e. The molecule has 0 saturated carbocycles. The molecule has 126 valence electrons. The molecule has 1 amide bonds. The van der Waals surface area contributed by atoms with Gasteiger partial charge in [0.25, 0.3) is 5.91 Å². The minimum absolute atomic E-state index is 0.0778. The molecule has 1 saturated heterocycles. The number of hydrogen-bond donors (Lipinski definition) is 1. The monoisotopic (exact) mass is 324 g/mol. The SMILES string of the molecule is CC(C)c1ccc(C(=O)Nc2ccccc2N2CCOCC2)cc1. The van der Waals surface area contributed by atoms with E-state index in [4.69, 9.17) is 4.74 Å². The van der Waals surface area contributed by atoms with Gasteiger partial charge in [-0.2, -0.15) is 0 Å². The Bertz CT molecular complexity index is 689. The van der Waals surface area contributed by atoms with Gasteiger partial charge in [-0.05, 0) is 35.7 Å². The molecular weight excluding hydrogens is 300 g/mol. The Labute approximate surface area is 143 Å². The van der Waals surface area contributed by atoms with Crippen LogP contribution in [0.15, 0.2) is 48.5 Å². The van der Waals surface area contributed by atoms with Gasteiger partial charge in [-0.25, -0.2) is 0 Å². The molecule has 24 heavy (non-hydrogen) atoms. The van der Waals surface area contributed by atoms with Crippen LogP contribution in [0.1, 0.15) is 35.7 Å². The van der Waals surface area contributed by atoms with E-state index in [1.54, 1.807) is 0 Å². The van der Waals surface area contributed by atoms with Crippen LogP contribution in [0, 0.1) is 0 Å². The highest BCUT2D eigenvalue weighted by atomic mass is 16.5. The van der Waals surface area contributed by atoms with Crippen molar-refractivity contribution in [1.82, 2.24) is 0 Å². The number of ether oxygens (including phenoxy) is 1. The lowest BCUT2D eigenvalue weighted by molar-refractivity contribution is 0.102. The number of para-hydroxylation sites is 2. The van der Waals surface area contributed by atoms with Crippen LogP contribution < -0.4 is 10.2 Å². The zero-order valence-electron chi connectivity index (χ0n) is 14.3. The van der Waals surface area contributed by atoms with Crippen LogP contribution in [0.5, 0.6) is 0 Å². The second-order valence-electron chi connectivity index (χ2n) is 6.35. The van der Waals surface area contributed by atoms with Crippen LogP contribution in [-0.2, 0) is 4.74 Å². The van der Waals surface area contributed by atoms with Crippen molar-refractivity contribution in [3.8, 4) is 0 Å². The van der Waals surface area contributed by atoms with Gasteiger partial charge >= 0.3 is 0 Å². The predicted molar refractivity (Wildman–Crippen MR) is 98.0 cm³/mol. The van der Waals surface area contributed by atoms with Crippen LogP contribution >= 0.6 is 0 Å². The molecule has 1 aliphatic heterocycles. The van der Waals surface area contributed by atoms with Crippen molar-refractivity contribution in [3.05, 3.63) is 59.7 Å². The van der Waals surface area contributed by atoms with Crippen molar-refractivity contribution in [2.75, 3.05) is 36.5 Å². The second kappa shape index (κ2) is 7.49. The summed E-state index contributed by atoms with van der Waals surface area (Å²) in [5.74, 6) is 0.384. The van der Waals surface area contributed by atoms with Crippen LogP contribution in [0.25, 0.3) is 0 Å². The van der Waals surface area contributed by atoms with E-state index in [1.165, 1.54) is 5.56 Å². The molecule has 0 bridgehead atoms. The van der Waals surface area contributed by atoms with E-state index in [0.717, 1.165) is 37.7 Å². The van der Waals surface area contributed by atoms with E-state index in [0.29, 0.717) is 11.5 Å². The van der Waals surface area contributed by atoms with Crippen LogP contribution in [0.4, 0.5) is 11.4 Å². The highest BCUT2D eigenvalue weighted by Crippen LogP contribution is 2.27. The molecule has 1 N–H and O–H groups in total. The quantitative estimate of drug-likeness (QED) is 0.927. The first-order valence-corrected chi connectivity index (χ1v) is 8.48. The molecule has 1 aliphatic rings. The summed E-state index contributed by atoms with van der Waals surface area (Å²) in [4.78, 5) is 14.8. The highest BCUT2D eigenvalue weighted by molar-refractivity contribution is 6.06. The standard InChI is InChI=1S/C20H24N2O2/c1-15(2)16-7-9-17(10-8-16)20(23)21-18-5-3-4-6-19(18)22-11-13-24-14-12-22/h3-10,15H,11-14H2,1-2H3,(H,21,23). The lowest BCUT2D eigenvalue weighted by atomic mass is 10.0. The summed E-state index contributed by atoms with van der Waals surface area (Å²) in [6.07, 6.45) is 0. The molecule has 2 aromatic rings. The Balaban J connectivity index is 1.76. The van der Waals surface area contributed by atoms with Crippen LogP contribution in [0.2, 0.25) is 0 Å². The molecule has 3 rings (SSSR count). The number of hydrogen-bond acceptors (Lipinski definition) is 3. The third-order valence-corrected chi connectivity index (χ3v) is 4.34. The van der Waals surface area contributed by atoms with Crippen molar-refractivity contribution in [1.29, 1.82) is 0 Å². The molecule has 0 aromatic heterocycles. The zero-order chi connectivity index (χ0) is 16.9. The number of nitrogens with one attached hydrogen (secondary N) is 1. The lowest BCUT2D eigenvalue weighted by Crippen LogP contribution is -2.36. The number of carbonyl (C=O) groups excluding carboxylic acids is 1. The van der Waals surface area contributed by atoms with E-state index in [2.05, 4.69) is 24.1 Å². The molecule has 1 heterocycles. The molecule has 0 radical (unpaired) electrons. The van der Waals surface area contributed by atoms with Gasteiger partial charge in [0.1, 0.15) is 0 Å². The second-order valence-corrected chi connectivity index (χ2v) is 6.35. The average Bonchev–Trinajstić information content (AvgIpc) is 2.63. The number of nitrogens with zero attached hydrogens (tertiary/aromatic N) is 1. The summed E-state index contributed by atoms with van der Waals surface area (Å²) in [5, 5.41) is 3.05. The summed E-state index contributed by atoms with van der Waals surface area (Å²) in [5.41, 5.74) is 3.81. The molecule has 4 heteroatoms. The smallest absolute Gasteiger partial charge is 0.255 e. The number of amides is 1. The van der Waals surface area contributed by atoms with Gasteiger partial charge < -0.3 is 15.0 Å². The summed E-state index contributed by atoms with van der Waals surface area (Å²) in [6, 6.07) is 15.8. The van der Waals surface area contributed by atoms with E-state index >= 15 is 0 Å². The van der Waals surface area contributed by atoms with Gasteiger partial charge in [-0.3, -0.25) is 4.79 Å².